The summed E-state index contributed by atoms with van der Waals surface area (Å²) in [6, 6.07) is 21.3. The Labute approximate surface area is 241 Å². The predicted molar refractivity (Wildman–Crippen MR) is 159 cm³/mol. The number of amides is 2. The smallest absolute Gasteiger partial charge is 0.242 e. The first-order chi connectivity index (χ1) is 19.0. The molecule has 1 N–H and O–H groups in total. The zero-order valence-electron chi connectivity index (χ0n) is 23.3. The average molecular weight is 586 g/mol. The van der Waals surface area contributed by atoms with Crippen LogP contribution < -0.4 is 14.4 Å². The predicted octanol–water partition coefficient (Wildman–Crippen LogP) is 4.59. The van der Waals surface area contributed by atoms with Crippen molar-refractivity contribution in [3.05, 3.63) is 94.5 Å². The number of anilines is 1. The van der Waals surface area contributed by atoms with Gasteiger partial charge in [0.05, 0.1) is 24.1 Å². The lowest BCUT2D eigenvalue weighted by molar-refractivity contribution is -0.141. The van der Waals surface area contributed by atoms with Crippen LogP contribution in [0.3, 0.4) is 0 Å². The van der Waals surface area contributed by atoms with E-state index in [1.54, 1.807) is 24.1 Å². The molecule has 3 rings (SSSR count). The Bertz CT molecular complexity index is 1420. The van der Waals surface area contributed by atoms with Gasteiger partial charge in [0.25, 0.3) is 0 Å². The number of rotatable bonds is 13. The minimum Gasteiger partial charge on any atom is -0.495 e. The molecule has 0 aliphatic rings. The fraction of sp³-hybridized carbons (Fsp3) is 0.333. The number of sulfonamides is 1. The van der Waals surface area contributed by atoms with Gasteiger partial charge >= 0.3 is 0 Å². The van der Waals surface area contributed by atoms with Crippen molar-refractivity contribution in [2.24, 2.45) is 0 Å². The molecule has 0 aliphatic heterocycles. The highest BCUT2D eigenvalue weighted by Gasteiger charge is 2.30. The second-order valence-electron chi connectivity index (χ2n) is 9.59. The normalized spacial score (nSPS) is 11.9. The number of nitrogens with one attached hydrogen (secondary N) is 1. The van der Waals surface area contributed by atoms with Crippen LogP contribution in [-0.2, 0) is 32.6 Å². The van der Waals surface area contributed by atoms with Crippen molar-refractivity contribution in [1.82, 2.24) is 10.2 Å². The minimum atomic E-state index is -3.66. The molecule has 0 aliphatic carbocycles. The number of halogens is 1. The van der Waals surface area contributed by atoms with E-state index in [1.807, 2.05) is 61.5 Å². The molecule has 0 heterocycles. The second-order valence-corrected chi connectivity index (χ2v) is 11.9. The summed E-state index contributed by atoms with van der Waals surface area (Å²) in [5, 5.41) is 2.99. The van der Waals surface area contributed by atoms with Crippen LogP contribution in [-0.4, -0.2) is 58.1 Å². The van der Waals surface area contributed by atoms with Gasteiger partial charge in [0, 0.05) is 33.0 Å². The Hall–Kier alpha value is -3.56. The molecule has 2 amide bonds. The van der Waals surface area contributed by atoms with Crippen LogP contribution in [0.15, 0.2) is 72.8 Å². The number of carbonyl (C=O) groups is 2. The largest absolute Gasteiger partial charge is 0.495 e. The molecule has 0 spiro atoms. The van der Waals surface area contributed by atoms with Crippen LogP contribution in [0.2, 0.25) is 5.02 Å². The lowest BCUT2D eigenvalue weighted by atomic mass is 10.0. The van der Waals surface area contributed by atoms with Crippen molar-refractivity contribution >= 4 is 39.1 Å². The molecule has 3 aromatic carbocycles. The Balaban J connectivity index is 1.85. The molecular weight excluding hydrogens is 550 g/mol. The summed E-state index contributed by atoms with van der Waals surface area (Å²) in [6.07, 6.45) is 1.74. The SMILES string of the molecule is CNC(=O)C(Cc1ccccc1)N(Cc1cccc(C)c1)C(=O)CCCN(c1ccc(OC)c(Cl)c1)S(C)(=O)=O. The number of aryl methyl sites for hydroxylation is 1. The number of benzene rings is 3. The highest BCUT2D eigenvalue weighted by molar-refractivity contribution is 7.92. The van der Waals surface area contributed by atoms with Gasteiger partial charge in [-0.25, -0.2) is 8.42 Å². The third-order valence-corrected chi connectivity index (χ3v) is 8.02. The first-order valence-electron chi connectivity index (χ1n) is 12.9. The number of likely N-dealkylation sites (N-methyl/N-ethyl adjacent to an activating group) is 1. The number of hydrogen-bond donors (Lipinski definition) is 1. The van der Waals surface area contributed by atoms with E-state index >= 15 is 0 Å². The first-order valence-corrected chi connectivity index (χ1v) is 15.2. The fourth-order valence-corrected chi connectivity index (χ4v) is 5.75. The molecule has 214 valence electrons. The molecule has 0 fully saturated rings. The van der Waals surface area contributed by atoms with Gasteiger partial charge in [-0.2, -0.15) is 0 Å². The fourth-order valence-electron chi connectivity index (χ4n) is 4.54. The Morgan fingerprint density at radius 2 is 1.70 bits per heavy atom. The van der Waals surface area contributed by atoms with Gasteiger partial charge in [-0.15, -0.1) is 0 Å². The van der Waals surface area contributed by atoms with E-state index in [4.69, 9.17) is 16.3 Å². The van der Waals surface area contributed by atoms with E-state index in [1.165, 1.54) is 17.5 Å². The van der Waals surface area contributed by atoms with Crippen LogP contribution >= 0.6 is 11.6 Å². The maximum atomic E-state index is 13.7. The summed E-state index contributed by atoms with van der Waals surface area (Å²) < 4.78 is 31.6. The van der Waals surface area contributed by atoms with E-state index in [2.05, 4.69) is 5.32 Å². The Kier molecular flexibility index (Phi) is 11.0. The zero-order chi connectivity index (χ0) is 29.3. The highest BCUT2D eigenvalue weighted by atomic mass is 35.5. The molecule has 1 unspecified atom stereocenters. The molecule has 0 aromatic heterocycles. The van der Waals surface area contributed by atoms with Crippen molar-refractivity contribution < 1.29 is 22.7 Å². The lowest BCUT2D eigenvalue weighted by Gasteiger charge is -2.31. The Morgan fingerprint density at radius 3 is 2.30 bits per heavy atom. The summed E-state index contributed by atoms with van der Waals surface area (Å²) in [6.45, 7) is 2.28. The van der Waals surface area contributed by atoms with Crippen LogP contribution in [0.25, 0.3) is 0 Å². The van der Waals surface area contributed by atoms with Crippen LogP contribution in [0, 0.1) is 6.92 Å². The quantitative estimate of drug-likeness (QED) is 0.317. The number of ether oxygens (including phenoxy) is 1. The zero-order valence-corrected chi connectivity index (χ0v) is 24.8. The van der Waals surface area contributed by atoms with Gasteiger partial charge in [-0.1, -0.05) is 71.8 Å². The summed E-state index contributed by atoms with van der Waals surface area (Å²) in [7, 11) is -0.621. The van der Waals surface area contributed by atoms with Crippen LogP contribution in [0.5, 0.6) is 5.75 Å². The minimum absolute atomic E-state index is 0.0456. The van der Waals surface area contributed by atoms with Crippen LogP contribution in [0.1, 0.15) is 29.5 Å². The molecule has 0 radical (unpaired) electrons. The maximum absolute atomic E-state index is 13.7. The van der Waals surface area contributed by atoms with Crippen LogP contribution in [0.4, 0.5) is 5.69 Å². The molecule has 40 heavy (non-hydrogen) atoms. The third kappa shape index (κ3) is 8.47. The van der Waals surface area contributed by atoms with Crippen molar-refractivity contribution in [3.63, 3.8) is 0 Å². The van der Waals surface area contributed by atoms with E-state index < -0.39 is 16.1 Å². The van der Waals surface area contributed by atoms with Gasteiger partial charge in [-0.3, -0.25) is 13.9 Å². The highest BCUT2D eigenvalue weighted by Crippen LogP contribution is 2.30. The molecule has 8 nitrogen and oxygen atoms in total. The van der Waals surface area contributed by atoms with Gasteiger partial charge in [0.1, 0.15) is 11.8 Å². The summed E-state index contributed by atoms with van der Waals surface area (Å²) in [5.41, 5.74) is 3.26. The molecule has 10 heteroatoms. The van der Waals surface area contributed by atoms with E-state index in [-0.39, 0.29) is 42.8 Å². The van der Waals surface area contributed by atoms with Crippen molar-refractivity contribution in [1.29, 1.82) is 0 Å². The van der Waals surface area contributed by atoms with Crippen molar-refractivity contribution in [3.8, 4) is 5.75 Å². The van der Waals surface area contributed by atoms with Crippen molar-refractivity contribution in [2.75, 3.05) is 31.3 Å². The van der Waals surface area contributed by atoms with Gasteiger partial charge in [0.15, 0.2) is 0 Å². The molecular formula is C30H36ClN3O5S. The van der Waals surface area contributed by atoms with E-state index in [0.29, 0.717) is 17.9 Å². The molecule has 0 bridgehead atoms. The topological polar surface area (TPSA) is 96.0 Å². The number of carbonyl (C=O) groups excluding carboxylic acids is 2. The van der Waals surface area contributed by atoms with Crippen molar-refractivity contribution in [2.45, 2.75) is 38.8 Å². The summed E-state index contributed by atoms with van der Waals surface area (Å²) in [5.74, 6) is -0.0813. The molecule has 0 saturated heterocycles. The lowest BCUT2D eigenvalue weighted by Crippen LogP contribution is -2.49. The maximum Gasteiger partial charge on any atom is 0.242 e. The van der Waals surface area contributed by atoms with Gasteiger partial charge < -0.3 is 15.0 Å². The van der Waals surface area contributed by atoms with Gasteiger partial charge in [-0.05, 0) is 42.7 Å². The average Bonchev–Trinajstić information content (AvgIpc) is 2.92. The summed E-state index contributed by atoms with van der Waals surface area (Å²) >= 11 is 6.24. The number of hydrogen-bond acceptors (Lipinski definition) is 5. The third-order valence-electron chi connectivity index (χ3n) is 6.53. The number of nitrogens with zero attached hydrogens (tertiary/aromatic N) is 2. The number of methoxy groups -OCH3 is 1. The molecule has 0 saturated carbocycles. The Morgan fingerprint density at radius 1 is 1.00 bits per heavy atom. The molecule has 1 atom stereocenters. The van der Waals surface area contributed by atoms with E-state index in [0.717, 1.165) is 22.9 Å². The second kappa shape index (κ2) is 14.2. The van der Waals surface area contributed by atoms with Gasteiger partial charge in [0.2, 0.25) is 21.8 Å². The molecule has 3 aromatic rings. The monoisotopic (exact) mass is 585 g/mol. The summed E-state index contributed by atoms with van der Waals surface area (Å²) in [4.78, 5) is 28.4. The van der Waals surface area contributed by atoms with E-state index in [9.17, 15) is 18.0 Å². The first kappa shape index (κ1) is 31.0. The standard InChI is InChI=1S/C30H36ClN3O5S/c1-22-10-8-13-24(18-22)21-33(27(30(36)32-2)19-23-11-6-5-7-12-23)29(35)14-9-17-34(40(4,37)38)25-15-16-28(39-3)26(31)20-25/h5-8,10-13,15-16,18,20,27H,9,14,17,19,21H2,1-4H3,(H,32,36).